The summed E-state index contributed by atoms with van der Waals surface area (Å²) in [5.41, 5.74) is 3.09. The Kier molecular flexibility index (Phi) is 3.53. The first kappa shape index (κ1) is 15.4. The summed E-state index contributed by atoms with van der Waals surface area (Å²) in [5, 5.41) is 3.73. The van der Waals surface area contributed by atoms with E-state index >= 15 is 0 Å². The number of carbonyl (C=O) groups excluding carboxylic acids is 1. The van der Waals surface area contributed by atoms with Crippen LogP contribution in [0.1, 0.15) is 16.3 Å². The lowest BCUT2D eigenvalue weighted by atomic mass is 10.2. The predicted molar refractivity (Wildman–Crippen MR) is 94.8 cm³/mol. The number of hydrogen-bond acceptors (Lipinski definition) is 2. The maximum Gasteiger partial charge on any atom is 0.268 e. The normalized spacial score (nSPS) is 11.3. The SMILES string of the molecule is Cn1c(C(=O)NCc2nc3ccccc3n2C)cc2ccc(F)cc21. The van der Waals surface area contributed by atoms with Crippen molar-refractivity contribution in [3.8, 4) is 0 Å². The third kappa shape index (κ3) is 2.55. The van der Waals surface area contributed by atoms with Gasteiger partial charge in [0.15, 0.2) is 0 Å². The molecule has 2 aromatic heterocycles. The summed E-state index contributed by atoms with van der Waals surface area (Å²) in [6, 6.07) is 14.1. The van der Waals surface area contributed by atoms with Gasteiger partial charge in [0.25, 0.3) is 5.91 Å². The number of benzene rings is 2. The second kappa shape index (κ2) is 5.73. The van der Waals surface area contributed by atoms with Crippen molar-refractivity contribution >= 4 is 27.8 Å². The minimum atomic E-state index is -0.319. The van der Waals surface area contributed by atoms with Crippen LogP contribution in [0, 0.1) is 5.82 Å². The maximum absolute atomic E-state index is 13.4. The number of amides is 1. The molecule has 0 aliphatic heterocycles. The summed E-state index contributed by atoms with van der Waals surface area (Å²) in [6.45, 7) is 0.319. The largest absolute Gasteiger partial charge is 0.344 e. The van der Waals surface area contributed by atoms with E-state index in [2.05, 4.69) is 10.3 Å². The Morgan fingerprint density at radius 3 is 2.68 bits per heavy atom. The summed E-state index contributed by atoms with van der Waals surface area (Å²) < 4.78 is 17.1. The van der Waals surface area contributed by atoms with Crippen LogP contribution in [0.5, 0.6) is 0 Å². The van der Waals surface area contributed by atoms with Gasteiger partial charge in [-0.15, -0.1) is 0 Å². The number of aromatic nitrogens is 3. The van der Waals surface area contributed by atoms with Crippen LogP contribution in [0.25, 0.3) is 21.9 Å². The molecule has 0 atom stereocenters. The van der Waals surface area contributed by atoms with E-state index in [9.17, 15) is 9.18 Å². The molecule has 2 aromatic carbocycles. The van der Waals surface area contributed by atoms with E-state index < -0.39 is 0 Å². The Balaban J connectivity index is 1.59. The van der Waals surface area contributed by atoms with Gasteiger partial charge in [-0.2, -0.15) is 0 Å². The molecule has 6 heteroatoms. The number of fused-ring (bicyclic) bond motifs is 2. The zero-order valence-electron chi connectivity index (χ0n) is 14.0. The second-order valence-corrected chi connectivity index (χ2v) is 6.05. The van der Waals surface area contributed by atoms with E-state index in [1.165, 1.54) is 12.1 Å². The molecule has 1 N–H and O–H groups in total. The molecule has 0 aliphatic carbocycles. The van der Waals surface area contributed by atoms with Crippen molar-refractivity contribution in [2.75, 3.05) is 0 Å². The molecule has 25 heavy (non-hydrogen) atoms. The van der Waals surface area contributed by atoms with E-state index in [1.807, 2.05) is 35.9 Å². The second-order valence-electron chi connectivity index (χ2n) is 6.05. The molecular formula is C19H17FN4O. The lowest BCUT2D eigenvalue weighted by molar-refractivity contribution is 0.0942. The lowest BCUT2D eigenvalue weighted by Gasteiger charge is -2.07. The van der Waals surface area contributed by atoms with Gasteiger partial charge < -0.3 is 14.5 Å². The highest BCUT2D eigenvalue weighted by molar-refractivity contribution is 5.98. The van der Waals surface area contributed by atoms with Crippen LogP contribution in [0.3, 0.4) is 0 Å². The number of rotatable bonds is 3. The highest BCUT2D eigenvalue weighted by atomic mass is 19.1. The highest BCUT2D eigenvalue weighted by Crippen LogP contribution is 2.20. The number of para-hydroxylation sites is 2. The maximum atomic E-state index is 13.4. The molecular weight excluding hydrogens is 319 g/mol. The van der Waals surface area contributed by atoms with Crippen molar-refractivity contribution in [2.45, 2.75) is 6.54 Å². The van der Waals surface area contributed by atoms with Crippen LogP contribution < -0.4 is 5.32 Å². The van der Waals surface area contributed by atoms with Crippen LogP contribution in [0.4, 0.5) is 4.39 Å². The van der Waals surface area contributed by atoms with E-state index in [1.54, 1.807) is 23.7 Å². The van der Waals surface area contributed by atoms with Crippen molar-refractivity contribution in [1.29, 1.82) is 0 Å². The first-order valence-corrected chi connectivity index (χ1v) is 7.98. The molecule has 1 amide bonds. The fraction of sp³-hybridized carbons (Fsp3) is 0.158. The monoisotopic (exact) mass is 336 g/mol. The minimum absolute atomic E-state index is 0.217. The molecule has 0 aliphatic rings. The van der Waals surface area contributed by atoms with Crippen LogP contribution in [0.15, 0.2) is 48.5 Å². The number of nitrogens with one attached hydrogen (secondary N) is 1. The van der Waals surface area contributed by atoms with Gasteiger partial charge in [-0.3, -0.25) is 4.79 Å². The van der Waals surface area contributed by atoms with E-state index in [0.29, 0.717) is 17.8 Å². The quantitative estimate of drug-likeness (QED) is 0.625. The highest BCUT2D eigenvalue weighted by Gasteiger charge is 2.15. The van der Waals surface area contributed by atoms with Crippen molar-refractivity contribution in [1.82, 2.24) is 19.4 Å². The average Bonchev–Trinajstić information content (AvgIpc) is 3.11. The fourth-order valence-electron chi connectivity index (χ4n) is 3.12. The smallest absolute Gasteiger partial charge is 0.268 e. The lowest BCUT2D eigenvalue weighted by Crippen LogP contribution is -2.26. The zero-order chi connectivity index (χ0) is 17.6. The summed E-state index contributed by atoms with van der Waals surface area (Å²) in [5.74, 6) is 0.242. The van der Waals surface area contributed by atoms with Gasteiger partial charge in [0.05, 0.1) is 23.1 Å². The summed E-state index contributed by atoms with van der Waals surface area (Å²) in [6.07, 6.45) is 0. The van der Waals surface area contributed by atoms with Gasteiger partial charge in [0.1, 0.15) is 17.3 Å². The number of carbonyl (C=O) groups is 1. The number of halogens is 1. The molecule has 0 radical (unpaired) electrons. The number of nitrogens with zero attached hydrogens (tertiary/aromatic N) is 3. The molecule has 0 unspecified atom stereocenters. The van der Waals surface area contributed by atoms with Crippen LogP contribution in [0.2, 0.25) is 0 Å². The molecule has 126 valence electrons. The zero-order valence-corrected chi connectivity index (χ0v) is 14.0. The van der Waals surface area contributed by atoms with Crippen molar-refractivity contribution < 1.29 is 9.18 Å². The van der Waals surface area contributed by atoms with Crippen molar-refractivity contribution in [2.24, 2.45) is 14.1 Å². The Bertz CT molecular complexity index is 1110. The molecule has 2 heterocycles. The van der Waals surface area contributed by atoms with Crippen LogP contribution in [-0.2, 0) is 20.6 Å². The van der Waals surface area contributed by atoms with Gasteiger partial charge >= 0.3 is 0 Å². The summed E-state index contributed by atoms with van der Waals surface area (Å²) in [7, 11) is 3.68. The first-order valence-electron chi connectivity index (χ1n) is 7.98. The molecule has 4 rings (SSSR count). The number of hydrogen-bond donors (Lipinski definition) is 1. The third-order valence-electron chi connectivity index (χ3n) is 4.53. The van der Waals surface area contributed by atoms with Gasteiger partial charge in [-0.25, -0.2) is 9.37 Å². The fourth-order valence-corrected chi connectivity index (χ4v) is 3.12. The molecule has 0 bridgehead atoms. The Labute approximate surface area is 143 Å². The standard InChI is InChI=1S/C19H17FN4O/c1-23-16-10-13(20)8-7-12(16)9-17(23)19(25)21-11-18-22-14-5-3-4-6-15(14)24(18)2/h3-10H,11H2,1-2H3,(H,21,25). The number of aryl methyl sites for hydroxylation is 2. The molecule has 5 nitrogen and oxygen atoms in total. The number of imidazole rings is 1. The van der Waals surface area contributed by atoms with Gasteiger partial charge in [0.2, 0.25) is 0 Å². The summed E-state index contributed by atoms with van der Waals surface area (Å²) in [4.78, 5) is 17.1. The first-order chi connectivity index (χ1) is 12.0. The average molecular weight is 336 g/mol. The molecule has 0 spiro atoms. The molecule has 4 aromatic rings. The van der Waals surface area contributed by atoms with Gasteiger partial charge in [-0.1, -0.05) is 12.1 Å². The molecule has 0 saturated carbocycles. The predicted octanol–water partition coefficient (Wildman–Crippen LogP) is 3.13. The van der Waals surface area contributed by atoms with Gasteiger partial charge in [0, 0.05) is 19.5 Å². The third-order valence-corrected chi connectivity index (χ3v) is 4.53. The van der Waals surface area contributed by atoms with E-state index in [4.69, 9.17) is 0 Å². The minimum Gasteiger partial charge on any atom is -0.344 e. The Morgan fingerprint density at radius 2 is 1.88 bits per heavy atom. The van der Waals surface area contributed by atoms with Crippen LogP contribution >= 0.6 is 0 Å². The topological polar surface area (TPSA) is 51.9 Å². The molecule has 0 fully saturated rings. The Morgan fingerprint density at radius 1 is 1.08 bits per heavy atom. The molecule has 0 saturated heterocycles. The van der Waals surface area contributed by atoms with Gasteiger partial charge in [-0.05, 0) is 36.4 Å². The van der Waals surface area contributed by atoms with Crippen molar-refractivity contribution in [3.05, 3.63) is 65.9 Å². The van der Waals surface area contributed by atoms with E-state index in [0.717, 1.165) is 22.2 Å². The van der Waals surface area contributed by atoms with E-state index in [-0.39, 0.29) is 11.7 Å². The Hall–Kier alpha value is -3.15. The van der Waals surface area contributed by atoms with Crippen LogP contribution in [-0.4, -0.2) is 20.0 Å². The van der Waals surface area contributed by atoms with Crippen molar-refractivity contribution in [3.63, 3.8) is 0 Å². The summed E-state index contributed by atoms with van der Waals surface area (Å²) >= 11 is 0.